The number of nitrogens with one attached hydrogen (secondary N) is 1. The molecule has 2 amide bonds. The van der Waals surface area contributed by atoms with Crippen LogP contribution in [0.1, 0.15) is 33.1 Å². The first-order valence-corrected chi connectivity index (χ1v) is 6.22. The van der Waals surface area contributed by atoms with E-state index in [4.69, 9.17) is 5.73 Å². The minimum Gasteiger partial charge on any atom is -0.355 e. The lowest BCUT2D eigenvalue weighted by molar-refractivity contribution is -0.134. The van der Waals surface area contributed by atoms with Crippen molar-refractivity contribution in [1.82, 2.24) is 10.2 Å². The molecule has 3 N–H and O–H groups in total. The van der Waals surface area contributed by atoms with Crippen molar-refractivity contribution in [2.45, 2.75) is 33.1 Å². The molecule has 0 radical (unpaired) electrons. The van der Waals surface area contributed by atoms with Crippen LogP contribution in [0.25, 0.3) is 0 Å². The predicted molar refractivity (Wildman–Crippen MR) is 68.4 cm³/mol. The second-order valence-corrected chi connectivity index (χ2v) is 4.42. The van der Waals surface area contributed by atoms with E-state index in [0.29, 0.717) is 25.4 Å². The van der Waals surface area contributed by atoms with Gasteiger partial charge in [0, 0.05) is 20.0 Å². The number of carbonyl (C=O) groups is 2. The van der Waals surface area contributed by atoms with Crippen molar-refractivity contribution in [2.24, 2.45) is 11.7 Å². The molecular formula is C12H25N3O2. The van der Waals surface area contributed by atoms with Crippen molar-refractivity contribution in [3.05, 3.63) is 0 Å². The molecule has 17 heavy (non-hydrogen) atoms. The van der Waals surface area contributed by atoms with E-state index in [9.17, 15) is 9.59 Å². The number of hydrogen-bond donors (Lipinski definition) is 2. The van der Waals surface area contributed by atoms with E-state index in [1.54, 1.807) is 7.05 Å². The van der Waals surface area contributed by atoms with Crippen molar-refractivity contribution in [1.29, 1.82) is 0 Å². The highest BCUT2D eigenvalue weighted by Gasteiger charge is 2.13. The third-order valence-electron chi connectivity index (χ3n) is 2.69. The van der Waals surface area contributed by atoms with Gasteiger partial charge in [-0.15, -0.1) is 0 Å². The Balaban J connectivity index is 3.85. The molecule has 0 aliphatic heterocycles. The molecule has 0 aromatic carbocycles. The van der Waals surface area contributed by atoms with Gasteiger partial charge in [-0.25, -0.2) is 0 Å². The summed E-state index contributed by atoms with van der Waals surface area (Å²) in [7, 11) is 1.66. The van der Waals surface area contributed by atoms with E-state index >= 15 is 0 Å². The van der Waals surface area contributed by atoms with Gasteiger partial charge >= 0.3 is 0 Å². The van der Waals surface area contributed by atoms with Crippen LogP contribution in [0.3, 0.4) is 0 Å². The Hall–Kier alpha value is -1.10. The monoisotopic (exact) mass is 243 g/mol. The Morgan fingerprint density at radius 2 is 2.00 bits per heavy atom. The Kier molecular flexibility index (Phi) is 8.40. The summed E-state index contributed by atoms with van der Waals surface area (Å²) in [6, 6.07) is 0. The first-order chi connectivity index (χ1) is 8.01. The van der Waals surface area contributed by atoms with Gasteiger partial charge in [-0.05, 0) is 32.2 Å². The maximum atomic E-state index is 11.7. The summed E-state index contributed by atoms with van der Waals surface area (Å²) in [5.41, 5.74) is 5.45. The smallest absolute Gasteiger partial charge is 0.239 e. The topological polar surface area (TPSA) is 75.4 Å². The fourth-order valence-electron chi connectivity index (χ4n) is 1.55. The van der Waals surface area contributed by atoms with Gasteiger partial charge < -0.3 is 16.0 Å². The molecule has 0 saturated carbocycles. The zero-order chi connectivity index (χ0) is 13.3. The molecule has 0 aliphatic carbocycles. The highest BCUT2D eigenvalue weighted by molar-refractivity contribution is 5.84. The second-order valence-electron chi connectivity index (χ2n) is 4.42. The minimum absolute atomic E-state index is 0.0140. The van der Waals surface area contributed by atoms with E-state index in [1.807, 2.05) is 6.92 Å². The minimum atomic E-state index is -0.113. The summed E-state index contributed by atoms with van der Waals surface area (Å²) in [6.07, 6.45) is 2.25. The molecule has 5 nitrogen and oxygen atoms in total. The summed E-state index contributed by atoms with van der Waals surface area (Å²) in [5, 5.41) is 2.67. The third-order valence-corrected chi connectivity index (χ3v) is 2.69. The Morgan fingerprint density at radius 1 is 1.35 bits per heavy atom. The molecule has 0 aromatic rings. The molecule has 0 saturated heterocycles. The molecular weight excluding hydrogens is 218 g/mol. The number of likely N-dealkylation sites (N-methyl/N-ethyl adjacent to an activating group) is 2. The SMILES string of the molecule is CCNC(=O)CN(C)C(=O)CCC(C)CCN. The molecule has 0 aromatic heterocycles. The normalized spacial score (nSPS) is 12.0. The summed E-state index contributed by atoms with van der Waals surface area (Å²) < 4.78 is 0. The fraction of sp³-hybridized carbons (Fsp3) is 0.833. The molecule has 100 valence electrons. The van der Waals surface area contributed by atoms with Crippen LogP contribution in [0.5, 0.6) is 0 Å². The fourth-order valence-corrected chi connectivity index (χ4v) is 1.55. The van der Waals surface area contributed by atoms with E-state index in [1.165, 1.54) is 4.90 Å². The van der Waals surface area contributed by atoms with Crippen LogP contribution in [-0.4, -0.2) is 43.4 Å². The van der Waals surface area contributed by atoms with Gasteiger partial charge in [0.25, 0.3) is 0 Å². The van der Waals surface area contributed by atoms with Crippen LogP contribution in [0.4, 0.5) is 0 Å². The van der Waals surface area contributed by atoms with E-state index in [0.717, 1.165) is 12.8 Å². The number of hydrogen-bond acceptors (Lipinski definition) is 3. The van der Waals surface area contributed by atoms with Crippen LogP contribution in [0, 0.1) is 5.92 Å². The number of rotatable bonds is 8. The Labute approximate surface area is 104 Å². The summed E-state index contributed by atoms with van der Waals surface area (Å²) in [6.45, 7) is 5.33. The quantitative estimate of drug-likeness (QED) is 0.646. The highest BCUT2D eigenvalue weighted by Crippen LogP contribution is 2.10. The Morgan fingerprint density at radius 3 is 2.53 bits per heavy atom. The third kappa shape index (κ3) is 7.74. The van der Waals surface area contributed by atoms with Crippen LogP contribution in [0.2, 0.25) is 0 Å². The van der Waals surface area contributed by atoms with Crippen molar-refractivity contribution >= 4 is 11.8 Å². The van der Waals surface area contributed by atoms with E-state index in [2.05, 4.69) is 12.2 Å². The van der Waals surface area contributed by atoms with Gasteiger partial charge in [0.05, 0.1) is 6.54 Å². The van der Waals surface area contributed by atoms with Crippen LogP contribution in [-0.2, 0) is 9.59 Å². The highest BCUT2D eigenvalue weighted by atomic mass is 16.2. The van der Waals surface area contributed by atoms with Crippen LogP contribution < -0.4 is 11.1 Å². The largest absolute Gasteiger partial charge is 0.355 e. The van der Waals surface area contributed by atoms with Gasteiger partial charge in [-0.1, -0.05) is 6.92 Å². The summed E-state index contributed by atoms with van der Waals surface area (Å²) >= 11 is 0. The molecule has 1 unspecified atom stereocenters. The summed E-state index contributed by atoms with van der Waals surface area (Å²) in [5.74, 6) is 0.361. The predicted octanol–water partition coefficient (Wildman–Crippen LogP) is 0.346. The standard InChI is InChI=1S/C12H25N3O2/c1-4-14-11(16)9-15(3)12(17)6-5-10(2)7-8-13/h10H,4-9,13H2,1-3H3,(H,14,16). The van der Waals surface area contributed by atoms with Gasteiger partial charge in [-0.2, -0.15) is 0 Å². The van der Waals surface area contributed by atoms with E-state index < -0.39 is 0 Å². The maximum absolute atomic E-state index is 11.7. The van der Waals surface area contributed by atoms with Crippen LogP contribution in [0.15, 0.2) is 0 Å². The molecule has 0 aliphatic rings. The lowest BCUT2D eigenvalue weighted by atomic mass is 10.0. The number of carbonyl (C=O) groups excluding carboxylic acids is 2. The lowest BCUT2D eigenvalue weighted by Gasteiger charge is -2.17. The molecule has 1 atom stereocenters. The van der Waals surface area contributed by atoms with Crippen molar-refractivity contribution < 1.29 is 9.59 Å². The van der Waals surface area contributed by atoms with Crippen LogP contribution >= 0.6 is 0 Å². The maximum Gasteiger partial charge on any atom is 0.239 e. The first-order valence-electron chi connectivity index (χ1n) is 6.22. The molecule has 0 bridgehead atoms. The van der Waals surface area contributed by atoms with Gasteiger partial charge in [-0.3, -0.25) is 9.59 Å². The van der Waals surface area contributed by atoms with E-state index in [-0.39, 0.29) is 18.4 Å². The number of nitrogens with two attached hydrogens (primary N) is 1. The molecule has 0 heterocycles. The van der Waals surface area contributed by atoms with Gasteiger partial charge in [0.1, 0.15) is 0 Å². The average molecular weight is 243 g/mol. The lowest BCUT2D eigenvalue weighted by Crippen LogP contribution is -2.38. The first kappa shape index (κ1) is 15.9. The van der Waals surface area contributed by atoms with Gasteiger partial charge in [0.2, 0.25) is 11.8 Å². The molecule has 0 rings (SSSR count). The van der Waals surface area contributed by atoms with Crippen molar-refractivity contribution in [2.75, 3.05) is 26.7 Å². The molecule has 5 heteroatoms. The molecule has 0 spiro atoms. The molecule has 0 fully saturated rings. The summed E-state index contributed by atoms with van der Waals surface area (Å²) in [4.78, 5) is 24.5. The van der Waals surface area contributed by atoms with Crippen molar-refractivity contribution in [3.63, 3.8) is 0 Å². The number of amides is 2. The van der Waals surface area contributed by atoms with Crippen molar-refractivity contribution in [3.8, 4) is 0 Å². The average Bonchev–Trinajstić information content (AvgIpc) is 2.26. The second kappa shape index (κ2) is 8.98. The zero-order valence-corrected chi connectivity index (χ0v) is 11.2. The zero-order valence-electron chi connectivity index (χ0n) is 11.2. The van der Waals surface area contributed by atoms with Gasteiger partial charge in [0.15, 0.2) is 0 Å². The Bertz CT molecular complexity index is 244. The number of nitrogens with zero attached hydrogens (tertiary/aromatic N) is 1.